The summed E-state index contributed by atoms with van der Waals surface area (Å²) in [6.45, 7) is 4.91. The van der Waals surface area contributed by atoms with Gasteiger partial charge < -0.3 is 25.7 Å². The highest BCUT2D eigenvalue weighted by Crippen LogP contribution is 2.40. The monoisotopic (exact) mass is 629 g/mol. The second kappa shape index (κ2) is 13.3. The molecule has 4 N–H and O–H groups in total. The third-order valence-corrected chi connectivity index (χ3v) is 8.97. The van der Waals surface area contributed by atoms with Crippen LogP contribution in [0.5, 0.6) is 5.75 Å². The summed E-state index contributed by atoms with van der Waals surface area (Å²) in [7, 11) is 0. The first-order valence-corrected chi connectivity index (χ1v) is 14.9. The Kier molecular flexibility index (Phi) is 9.94. The molecule has 234 valence electrons. The van der Waals surface area contributed by atoms with Crippen LogP contribution < -0.4 is 10.6 Å². The molecule has 8 nitrogen and oxygen atoms in total. The van der Waals surface area contributed by atoms with Gasteiger partial charge in [0.05, 0.1) is 17.5 Å². The Morgan fingerprint density at radius 3 is 2.36 bits per heavy atom. The lowest BCUT2D eigenvalue weighted by atomic mass is 9.96. The quantitative estimate of drug-likeness (QED) is 0.279. The molecule has 1 aliphatic heterocycles. The van der Waals surface area contributed by atoms with Gasteiger partial charge in [-0.25, -0.2) is 0 Å². The molecule has 1 saturated heterocycles. The maximum Gasteiger partial charge on any atom is 0.416 e. The number of hydrogen-bond acceptors (Lipinski definition) is 6. The molecule has 0 aliphatic carbocycles. The summed E-state index contributed by atoms with van der Waals surface area (Å²) in [4.78, 5) is 41.7. The van der Waals surface area contributed by atoms with Crippen LogP contribution in [0.25, 0.3) is 0 Å². The number of nitrogens with one attached hydrogen (secondary N) is 2. The number of halogens is 3. The third-order valence-electron chi connectivity index (χ3n) is 7.60. The van der Waals surface area contributed by atoms with E-state index >= 15 is 0 Å². The predicted molar refractivity (Wildman–Crippen MR) is 161 cm³/mol. The molecule has 0 aromatic heterocycles. The molecule has 3 amide bonds. The van der Waals surface area contributed by atoms with Crippen molar-refractivity contribution >= 4 is 29.5 Å². The second-order valence-electron chi connectivity index (χ2n) is 11.2. The summed E-state index contributed by atoms with van der Waals surface area (Å²) in [6, 6.07) is 15.9. The van der Waals surface area contributed by atoms with Crippen molar-refractivity contribution in [1.29, 1.82) is 0 Å². The smallest absolute Gasteiger partial charge is 0.416 e. The van der Waals surface area contributed by atoms with Gasteiger partial charge in [0, 0.05) is 22.4 Å². The van der Waals surface area contributed by atoms with Gasteiger partial charge >= 0.3 is 6.18 Å². The van der Waals surface area contributed by atoms with Gasteiger partial charge in [-0.3, -0.25) is 14.4 Å². The summed E-state index contributed by atoms with van der Waals surface area (Å²) >= 11 is 1.32. The van der Waals surface area contributed by atoms with E-state index in [4.69, 9.17) is 0 Å². The van der Waals surface area contributed by atoms with Crippen LogP contribution in [-0.2, 0) is 28.7 Å². The van der Waals surface area contributed by atoms with E-state index in [2.05, 4.69) is 10.6 Å². The van der Waals surface area contributed by atoms with Gasteiger partial charge in [0.25, 0.3) is 11.8 Å². The molecule has 0 spiro atoms. The Morgan fingerprint density at radius 1 is 1.02 bits per heavy atom. The average molecular weight is 630 g/mol. The van der Waals surface area contributed by atoms with E-state index in [1.54, 1.807) is 51.1 Å². The molecule has 0 saturated carbocycles. The van der Waals surface area contributed by atoms with Gasteiger partial charge in [-0.15, -0.1) is 11.8 Å². The van der Waals surface area contributed by atoms with E-state index in [1.165, 1.54) is 47.0 Å². The molecule has 3 atom stereocenters. The van der Waals surface area contributed by atoms with Crippen molar-refractivity contribution in [3.63, 3.8) is 0 Å². The summed E-state index contributed by atoms with van der Waals surface area (Å²) in [5, 5.41) is 26.9. The highest BCUT2D eigenvalue weighted by molar-refractivity contribution is 8.00. The molecular formula is C32H34F3N3O5S. The number of phenols is 1. The number of rotatable bonds is 9. The second-order valence-corrected chi connectivity index (χ2v) is 12.8. The fourth-order valence-electron chi connectivity index (χ4n) is 5.12. The maximum atomic E-state index is 13.8. The van der Waals surface area contributed by atoms with Crippen LogP contribution >= 0.6 is 11.8 Å². The van der Waals surface area contributed by atoms with E-state index < -0.39 is 52.4 Å². The lowest BCUT2D eigenvalue weighted by Gasteiger charge is -2.33. The topological polar surface area (TPSA) is 119 Å². The van der Waals surface area contributed by atoms with E-state index in [-0.39, 0.29) is 35.7 Å². The number of aliphatic hydroxyl groups is 1. The first-order chi connectivity index (χ1) is 20.7. The summed E-state index contributed by atoms with van der Waals surface area (Å²) in [5.41, 5.74) is 0.645. The van der Waals surface area contributed by atoms with Gasteiger partial charge in [-0.1, -0.05) is 48.5 Å². The number of aromatic hydroxyl groups is 1. The van der Waals surface area contributed by atoms with Crippen LogP contribution in [0, 0.1) is 6.92 Å². The molecule has 3 aromatic carbocycles. The van der Waals surface area contributed by atoms with Crippen LogP contribution in [0.2, 0.25) is 0 Å². The predicted octanol–water partition coefficient (Wildman–Crippen LogP) is 4.42. The standard InChI is InChI=1S/C32H34F3N3O5S/c1-19-23(13-8-14-25(19)39)28(41)37-24(16-20-9-5-4-6-10-20)26(40)30(43)38-18-44-31(2,3)27(38)29(42)36-17-21-11-7-12-22(15-21)32(33,34)35/h4-15,24,26-27,39-40H,16-18H2,1-3H3,(H,36,42)(H,37,41). The number of alkyl halides is 3. The number of thioether (sulfide) groups is 1. The highest BCUT2D eigenvalue weighted by Gasteiger charge is 2.49. The summed E-state index contributed by atoms with van der Waals surface area (Å²) in [6.07, 6.45) is -6.19. The number of phenolic OH excluding ortho intramolecular Hbond substituents is 1. The van der Waals surface area contributed by atoms with E-state index in [9.17, 15) is 37.8 Å². The van der Waals surface area contributed by atoms with Crippen LogP contribution in [0.4, 0.5) is 13.2 Å². The molecule has 0 radical (unpaired) electrons. The molecular weight excluding hydrogens is 595 g/mol. The SMILES string of the molecule is Cc1c(O)cccc1C(=O)NC(Cc1ccccc1)C(O)C(=O)N1CSC(C)(C)C1C(=O)NCc1cccc(C(F)(F)F)c1. The molecule has 44 heavy (non-hydrogen) atoms. The Bertz CT molecular complexity index is 1520. The minimum Gasteiger partial charge on any atom is -0.508 e. The normalized spacial score (nSPS) is 17.5. The Morgan fingerprint density at radius 2 is 1.68 bits per heavy atom. The summed E-state index contributed by atoms with van der Waals surface area (Å²) in [5.74, 6) is -1.97. The number of aliphatic hydroxyl groups excluding tert-OH is 1. The summed E-state index contributed by atoms with van der Waals surface area (Å²) < 4.78 is 38.7. The Balaban J connectivity index is 1.55. The fraction of sp³-hybridized carbons (Fsp3) is 0.344. The van der Waals surface area contributed by atoms with Crippen molar-refractivity contribution in [3.8, 4) is 5.75 Å². The van der Waals surface area contributed by atoms with Crippen LogP contribution in [0.15, 0.2) is 72.8 Å². The van der Waals surface area contributed by atoms with Crippen molar-refractivity contribution in [2.75, 3.05) is 5.88 Å². The van der Waals surface area contributed by atoms with Crippen LogP contribution in [0.3, 0.4) is 0 Å². The zero-order chi connectivity index (χ0) is 32.2. The van der Waals surface area contributed by atoms with Gasteiger partial charge in [0.15, 0.2) is 6.10 Å². The molecule has 1 heterocycles. The minimum atomic E-state index is -4.53. The van der Waals surface area contributed by atoms with Crippen molar-refractivity contribution in [1.82, 2.24) is 15.5 Å². The number of carbonyl (C=O) groups excluding carboxylic acids is 3. The largest absolute Gasteiger partial charge is 0.508 e. The Labute approximate surface area is 257 Å². The van der Waals surface area contributed by atoms with Crippen molar-refractivity contribution in [2.24, 2.45) is 0 Å². The van der Waals surface area contributed by atoms with E-state index in [1.807, 2.05) is 0 Å². The molecule has 3 aromatic rings. The zero-order valence-corrected chi connectivity index (χ0v) is 25.2. The fourth-order valence-corrected chi connectivity index (χ4v) is 6.26. The van der Waals surface area contributed by atoms with E-state index in [0.717, 1.165) is 17.7 Å². The first-order valence-electron chi connectivity index (χ1n) is 13.9. The number of amides is 3. The lowest BCUT2D eigenvalue weighted by molar-refractivity contribution is -0.147. The zero-order valence-electron chi connectivity index (χ0n) is 24.4. The Hall–Kier alpha value is -4.03. The average Bonchev–Trinajstić information content (AvgIpc) is 3.31. The minimum absolute atomic E-state index is 0.0716. The number of carbonyl (C=O) groups is 3. The van der Waals surface area contributed by atoms with Gasteiger partial charge in [0.1, 0.15) is 11.8 Å². The highest BCUT2D eigenvalue weighted by atomic mass is 32.2. The van der Waals surface area contributed by atoms with Gasteiger partial charge in [0.2, 0.25) is 5.91 Å². The van der Waals surface area contributed by atoms with Crippen LogP contribution in [-0.4, -0.2) is 61.6 Å². The number of nitrogens with zero attached hydrogens (tertiary/aromatic N) is 1. The lowest BCUT2D eigenvalue weighted by Crippen LogP contribution is -2.58. The molecule has 1 aliphatic rings. The number of benzene rings is 3. The first kappa shape index (κ1) is 32.9. The van der Waals surface area contributed by atoms with Crippen molar-refractivity contribution in [3.05, 3.63) is 101 Å². The van der Waals surface area contributed by atoms with Gasteiger partial charge in [-0.05, 0) is 62.6 Å². The molecule has 0 bridgehead atoms. The van der Waals surface area contributed by atoms with E-state index in [0.29, 0.717) is 5.56 Å². The van der Waals surface area contributed by atoms with Crippen molar-refractivity contribution in [2.45, 2.75) is 62.8 Å². The van der Waals surface area contributed by atoms with Gasteiger partial charge in [-0.2, -0.15) is 13.2 Å². The van der Waals surface area contributed by atoms with Crippen molar-refractivity contribution < 1.29 is 37.8 Å². The van der Waals surface area contributed by atoms with Crippen LogP contribution in [0.1, 0.15) is 46.5 Å². The molecule has 3 unspecified atom stereocenters. The molecule has 12 heteroatoms. The third kappa shape index (κ3) is 7.54. The maximum absolute atomic E-state index is 13.8. The molecule has 4 rings (SSSR count). The number of hydrogen-bond donors (Lipinski definition) is 4. The molecule has 1 fully saturated rings.